The Kier molecular flexibility index (Phi) is 5.59. The summed E-state index contributed by atoms with van der Waals surface area (Å²) in [7, 11) is 0. The summed E-state index contributed by atoms with van der Waals surface area (Å²) in [6, 6.07) is 10.3. The van der Waals surface area contributed by atoms with Gasteiger partial charge in [0.2, 0.25) is 5.91 Å². The number of hydrogen-bond acceptors (Lipinski definition) is 3. The van der Waals surface area contributed by atoms with E-state index in [1.54, 1.807) is 6.20 Å². The van der Waals surface area contributed by atoms with Gasteiger partial charge >= 0.3 is 0 Å². The molecule has 0 radical (unpaired) electrons. The lowest BCUT2D eigenvalue weighted by molar-refractivity contribution is -0.120. The number of nitrogens with zero attached hydrogens (tertiary/aromatic N) is 1. The first-order valence-corrected chi connectivity index (χ1v) is 8.76. The van der Waals surface area contributed by atoms with Crippen molar-refractivity contribution in [2.24, 2.45) is 5.92 Å². The third-order valence-electron chi connectivity index (χ3n) is 4.75. The number of benzene rings is 1. The second kappa shape index (κ2) is 8.06. The van der Waals surface area contributed by atoms with E-state index in [1.807, 2.05) is 36.4 Å². The summed E-state index contributed by atoms with van der Waals surface area (Å²) in [6.07, 6.45) is 8.75. The zero-order valence-electron chi connectivity index (χ0n) is 14.0. The van der Waals surface area contributed by atoms with Gasteiger partial charge in [-0.3, -0.25) is 9.78 Å². The molecule has 2 aromatic rings. The van der Waals surface area contributed by atoms with Gasteiger partial charge in [0, 0.05) is 29.2 Å². The molecule has 1 amide bonds. The van der Waals surface area contributed by atoms with Crippen molar-refractivity contribution >= 4 is 22.5 Å². The van der Waals surface area contributed by atoms with Gasteiger partial charge in [-0.1, -0.05) is 12.1 Å². The molecule has 0 bridgehead atoms. The van der Waals surface area contributed by atoms with Crippen LogP contribution in [0.15, 0.2) is 49.2 Å². The van der Waals surface area contributed by atoms with E-state index in [0.29, 0.717) is 6.04 Å². The minimum Gasteiger partial charge on any atom is -0.326 e. The highest BCUT2D eigenvalue weighted by molar-refractivity contribution is 5.95. The molecule has 1 aliphatic carbocycles. The molecule has 1 aliphatic rings. The number of anilines is 1. The monoisotopic (exact) mass is 323 g/mol. The molecule has 1 fully saturated rings. The maximum atomic E-state index is 12.5. The highest BCUT2D eigenvalue weighted by atomic mass is 16.1. The first-order chi connectivity index (χ1) is 11.8. The molecule has 1 aromatic carbocycles. The molecule has 4 heteroatoms. The molecule has 0 spiro atoms. The lowest BCUT2D eigenvalue weighted by Crippen LogP contribution is -2.36. The first kappa shape index (κ1) is 16.7. The molecule has 1 heterocycles. The molecule has 1 aromatic heterocycles. The van der Waals surface area contributed by atoms with E-state index in [-0.39, 0.29) is 11.8 Å². The number of fused-ring (bicyclic) bond motifs is 1. The Morgan fingerprint density at radius 2 is 2.08 bits per heavy atom. The average molecular weight is 323 g/mol. The van der Waals surface area contributed by atoms with Crippen LogP contribution in [0.4, 0.5) is 5.69 Å². The van der Waals surface area contributed by atoms with Gasteiger partial charge in [-0.05, 0) is 62.9 Å². The van der Waals surface area contributed by atoms with E-state index >= 15 is 0 Å². The van der Waals surface area contributed by atoms with Crippen LogP contribution in [-0.4, -0.2) is 23.5 Å². The number of hydrogen-bond donors (Lipinski definition) is 2. The molecule has 1 saturated carbocycles. The van der Waals surface area contributed by atoms with Gasteiger partial charge in [0.25, 0.3) is 0 Å². The van der Waals surface area contributed by atoms with Crippen LogP contribution in [0.5, 0.6) is 0 Å². The predicted octanol–water partition coefficient (Wildman–Crippen LogP) is 3.90. The average Bonchev–Trinajstić information content (AvgIpc) is 2.62. The molecule has 2 N–H and O–H groups in total. The smallest absolute Gasteiger partial charge is 0.227 e. The Morgan fingerprint density at radius 3 is 2.88 bits per heavy atom. The number of carbonyl (C=O) groups is 1. The van der Waals surface area contributed by atoms with Gasteiger partial charge in [-0.2, -0.15) is 0 Å². The number of nitrogens with one attached hydrogen (secondary N) is 2. The second-order valence-corrected chi connectivity index (χ2v) is 6.48. The quantitative estimate of drug-likeness (QED) is 0.626. The molecule has 4 nitrogen and oxygen atoms in total. The fourth-order valence-corrected chi connectivity index (χ4v) is 3.35. The third kappa shape index (κ3) is 4.20. The predicted molar refractivity (Wildman–Crippen MR) is 98.9 cm³/mol. The Labute approximate surface area is 143 Å². The second-order valence-electron chi connectivity index (χ2n) is 6.48. The van der Waals surface area contributed by atoms with Crippen molar-refractivity contribution in [2.75, 3.05) is 11.9 Å². The van der Waals surface area contributed by atoms with Gasteiger partial charge in [-0.25, -0.2) is 0 Å². The number of pyridine rings is 1. The maximum Gasteiger partial charge on any atom is 0.227 e. The summed E-state index contributed by atoms with van der Waals surface area (Å²) in [4.78, 5) is 16.8. The zero-order chi connectivity index (χ0) is 16.8. The van der Waals surface area contributed by atoms with Crippen LogP contribution in [0.2, 0.25) is 0 Å². The van der Waals surface area contributed by atoms with Crippen LogP contribution < -0.4 is 10.6 Å². The standard InChI is InChI=1S/C20H25N3O/c1-2-3-12-21-17-8-6-15(7-9-17)20(24)23-18-10-11-19-16(14-18)5-4-13-22-19/h2,4-5,10-11,13-15,17,21H,1,3,6-9,12H2,(H,23,24). The van der Waals surface area contributed by atoms with Crippen LogP contribution in [0.1, 0.15) is 32.1 Å². The summed E-state index contributed by atoms with van der Waals surface area (Å²) in [5.41, 5.74) is 1.80. The molecule has 0 atom stereocenters. The summed E-state index contributed by atoms with van der Waals surface area (Å²) >= 11 is 0. The van der Waals surface area contributed by atoms with E-state index in [0.717, 1.165) is 55.2 Å². The van der Waals surface area contributed by atoms with E-state index in [1.165, 1.54) is 0 Å². The Bertz CT molecular complexity index is 705. The molecule has 0 unspecified atom stereocenters. The van der Waals surface area contributed by atoms with Gasteiger partial charge in [-0.15, -0.1) is 6.58 Å². The zero-order valence-corrected chi connectivity index (χ0v) is 14.0. The minimum atomic E-state index is 0.118. The number of aromatic nitrogens is 1. The number of carbonyl (C=O) groups excluding carboxylic acids is 1. The van der Waals surface area contributed by atoms with Crippen LogP contribution in [-0.2, 0) is 4.79 Å². The van der Waals surface area contributed by atoms with Crippen molar-refractivity contribution in [3.8, 4) is 0 Å². The van der Waals surface area contributed by atoms with Gasteiger partial charge in [0.15, 0.2) is 0 Å². The topological polar surface area (TPSA) is 54.0 Å². The SMILES string of the molecule is C=CCCNC1CCC(C(=O)Nc2ccc3ncccc3c2)CC1. The Balaban J connectivity index is 1.52. The van der Waals surface area contributed by atoms with Crippen LogP contribution >= 0.6 is 0 Å². The minimum absolute atomic E-state index is 0.118. The van der Waals surface area contributed by atoms with Crippen LogP contribution in [0.25, 0.3) is 10.9 Å². The molecule has 0 saturated heterocycles. The van der Waals surface area contributed by atoms with Crippen LogP contribution in [0.3, 0.4) is 0 Å². The summed E-state index contributed by atoms with van der Waals surface area (Å²) < 4.78 is 0. The normalized spacial score (nSPS) is 20.7. The highest BCUT2D eigenvalue weighted by Gasteiger charge is 2.25. The van der Waals surface area contributed by atoms with E-state index in [9.17, 15) is 4.79 Å². The van der Waals surface area contributed by atoms with Crippen molar-refractivity contribution in [1.29, 1.82) is 0 Å². The van der Waals surface area contributed by atoms with Crippen molar-refractivity contribution in [3.63, 3.8) is 0 Å². The highest BCUT2D eigenvalue weighted by Crippen LogP contribution is 2.26. The molecular weight excluding hydrogens is 298 g/mol. The van der Waals surface area contributed by atoms with E-state index < -0.39 is 0 Å². The molecule has 24 heavy (non-hydrogen) atoms. The first-order valence-electron chi connectivity index (χ1n) is 8.76. The van der Waals surface area contributed by atoms with Gasteiger partial charge < -0.3 is 10.6 Å². The summed E-state index contributed by atoms with van der Waals surface area (Å²) in [5, 5.41) is 7.66. The van der Waals surface area contributed by atoms with Crippen molar-refractivity contribution in [3.05, 3.63) is 49.2 Å². The number of amides is 1. The van der Waals surface area contributed by atoms with Crippen molar-refractivity contribution in [2.45, 2.75) is 38.1 Å². The molecule has 0 aliphatic heterocycles. The van der Waals surface area contributed by atoms with Gasteiger partial charge in [0.1, 0.15) is 0 Å². The van der Waals surface area contributed by atoms with E-state index in [2.05, 4.69) is 22.2 Å². The third-order valence-corrected chi connectivity index (χ3v) is 4.75. The summed E-state index contributed by atoms with van der Waals surface area (Å²) in [6.45, 7) is 4.72. The lowest BCUT2D eigenvalue weighted by Gasteiger charge is -2.28. The van der Waals surface area contributed by atoms with Crippen molar-refractivity contribution in [1.82, 2.24) is 10.3 Å². The maximum absolute atomic E-state index is 12.5. The fourth-order valence-electron chi connectivity index (χ4n) is 3.35. The van der Waals surface area contributed by atoms with Gasteiger partial charge in [0.05, 0.1) is 5.52 Å². The van der Waals surface area contributed by atoms with E-state index in [4.69, 9.17) is 0 Å². The van der Waals surface area contributed by atoms with Crippen LogP contribution in [0, 0.1) is 5.92 Å². The number of rotatable bonds is 6. The lowest BCUT2D eigenvalue weighted by atomic mass is 9.85. The molecular formula is C20H25N3O. The summed E-state index contributed by atoms with van der Waals surface area (Å²) in [5.74, 6) is 0.259. The largest absolute Gasteiger partial charge is 0.326 e. The Hall–Kier alpha value is -2.20. The molecule has 126 valence electrons. The fraction of sp³-hybridized carbons (Fsp3) is 0.400. The van der Waals surface area contributed by atoms with Crippen molar-refractivity contribution < 1.29 is 4.79 Å². The Morgan fingerprint density at radius 1 is 1.25 bits per heavy atom. The molecule has 3 rings (SSSR count).